The summed E-state index contributed by atoms with van der Waals surface area (Å²) in [5.74, 6) is 0.338. The van der Waals surface area contributed by atoms with Gasteiger partial charge in [-0.25, -0.2) is 0 Å². The largest absolute Gasteiger partial charge is 0.484 e. The van der Waals surface area contributed by atoms with Crippen LogP contribution in [0.1, 0.15) is 11.1 Å². The van der Waals surface area contributed by atoms with Gasteiger partial charge in [-0.15, -0.1) is 0 Å². The number of rotatable bonds is 5. The zero-order valence-electron chi connectivity index (χ0n) is 11.4. The van der Waals surface area contributed by atoms with Gasteiger partial charge in [0.15, 0.2) is 6.61 Å². The third kappa shape index (κ3) is 4.55. The van der Waals surface area contributed by atoms with Gasteiger partial charge < -0.3 is 15.8 Å². The molecule has 0 unspecified atom stereocenters. The fourth-order valence-electron chi connectivity index (χ4n) is 1.70. The first kappa shape index (κ1) is 14.4. The summed E-state index contributed by atoms with van der Waals surface area (Å²) in [7, 11) is 0. The lowest BCUT2D eigenvalue weighted by atomic mass is 10.1. The number of hydrogen-bond acceptors (Lipinski definition) is 4. The number of ether oxygens (including phenoxy) is 1. The van der Waals surface area contributed by atoms with Crippen molar-refractivity contribution in [1.29, 1.82) is 5.26 Å². The number of nitriles is 1. The first-order valence-electron chi connectivity index (χ1n) is 6.41. The van der Waals surface area contributed by atoms with Crippen LogP contribution < -0.4 is 15.8 Å². The molecule has 0 saturated heterocycles. The molecule has 0 aliphatic rings. The van der Waals surface area contributed by atoms with Gasteiger partial charge in [0.2, 0.25) is 0 Å². The van der Waals surface area contributed by atoms with E-state index in [0.29, 0.717) is 23.5 Å². The highest BCUT2D eigenvalue weighted by atomic mass is 16.5. The highest BCUT2D eigenvalue weighted by Crippen LogP contribution is 2.14. The Morgan fingerprint density at radius 1 is 1.24 bits per heavy atom. The van der Waals surface area contributed by atoms with Crippen LogP contribution in [-0.2, 0) is 11.3 Å². The minimum atomic E-state index is -0.221. The molecular weight excluding hydrogens is 266 g/mol. The van der Waals surface area contributed by atoms with Crippen molar-refractivity contribution in [2.24, 2.45) is 0 Å². The molecule has 21 heavy (non-hydrogen) atoms. The van der Waals surface area contributed by atoms with Crippen LogP contribution in [0.25, 0.3) is 0 Å². The molecule has 0 fully saturated rings. The van der Waals surface area contributed by atoms with Gasteiger partial charge >= 0.3 is 0 Å². The van der Waals surface area contributed by atoms with Crippen LogP contribution in [0.5, 0.6) is 5.75 Å². The van der Waals surface area contributed by atoms with Crippen molar-refractivity contribution in [2.45, 2.75) is 6.54 Å². The van der Waals surface area contributed by atoms with Gasteiger partial charge in [-0.1, -0.05) is 18.2 Å². The molecule has 0 aliphatic carbocycles. The molecule has 0 aromatic heterocycles. The van der Waals surface area contributed by atoms with Crippen LogP contribution >= 0.6 is 0 Å². The van der Waals surface area contributed by atoms with Crippen molar-refractivity contribution < 1.29 is 9.53 Å². The summed E-state index contributed by atoms with van der Waals surface area (Å²) in [5, 5.41) is 11.4. The number of nitrogens with one attached hydrogen (secondary N) is 1. The summed E-state index contributed by atoms with van der Waals surface area (Å²) in [6.45, 7) is 0.324. The van der Waals surface area contributed by atoms with Crippen LogP contribution in [-0.4, -0.2) is 12.5 Å². The first-order valence-corrected chi connectivity index (χ1v) is 6.41. The molecular formula is C16H15N3O2. The van der Waals surface area contributed by atoms with Crippen molar-refractivity contribution >= 4 is 11.6 Å². The fourth-order valence-corrected chi connectivity index (χ4v) is 1.70. The topological polar surface area (TPSA) is 88.1 Å². The number of benzene rings is 2. The molecule has 5 heteroatoms. The molecule has 3 N–H and O–H groups in total. The standard InChI is InChI=1S/C16H15N3O2/c17-9-12-4-6-13(7-5-12)10-19-16(20)11-21-15-3-1-2-14(18)8-15/h1-8H,10-11,18H2,(H,19,20). The lowest BCUT2D eigenvalue weighted by Gasteiger charge is -2.08. The van der Waals surface area contributed by atoms with E-state index in [1.165, 1.54) is 0 Å². The Morgan fingerprint density at radius 2 is 2.00 bits per heavy atom. The second kappa shape index (κ2) is 6.96. The molecule has 0 bridgehead atoms. The van der Waals surface area contributed by atoms with Crippen LogP contribution in [0.3, 0.4) is 0 Å². The summed E-state index contributed by atoms with van der Waals surface area (Å²) in [5.41, 5.74) is 7.72. The van der Waals surface area contributed by atoms with Crippen molar-refractivity contribution in [3.8, 4) is 11.8 Å². The molecule has 1 amide bonds. The molecule has 0 atom stereocenters. The van der Waals surface area contributed by atoms with E-state index >= 15 is 0 Å². The van der Waals surface area contributed by atoms with E-state index in [9.17, 15) is 4.79 Å². The number of nitrogen functional groups attached to an aromatic ring is 1. The smallest absolute Gasteiger partial charge is 0.258 e. The Morgan fingerprint density at radius 3 is 2.67 bits per heavy atom. The van der Waals surface area contributed by atoms with Gasteiger partial charge in [0.1, 0.15) is 5.75 Å². The van der Waals surface area contributed by atoms with E-state index in [2.05, 4.69) is 5.32 Å². The molecule has 0 spiro atoms. The van der Waals surface area contributed by atoms with E-state index in [1.54, 1.807) is 48.5 Å². The fraction of sp³-hybridized carbons (Fsp3) is 0.125. The highest BCUT2D eigenvalue weighted by Gasteiger charge is 2.03. The molecule has 2 aromatic rings. The summed E-state index contributed by atoms with van der Waals surface area (Å²) in [6, 6.07) is 16.0. The number of anilines is 1. The molecule has 2 rings (SSSR count). The number of nitrogens with zero attached hydrogens (tertiary/aromatic N) is 1. The van der Waals surface area contributed by atoms with Crippen LogP contribution in [0.2, 0.25) is 0 Å². The maximum absolute atomic E-state index is 11.7. The Bertz CT molecular complexity index is 660. The number of hydrogen-bond donors (Lipinski definition) is 2. The van der Waals surface area contributed by atoms with Gasteiger partial charge in [0.05, 0.1) is 11.6 Å². The predicted molar refractivity (Wildman–Crippen MR) is 79.4 cm³/mol. The Kier molecular flexibility index (Phi) is 4.78. The van der Waals surface area contributed by atoms with Gasteiger partial charge in [0.25, 0.3) is 5.91 Å². The number of nitrogens with two attached hydrogens (primary N) is 1. The van der Waals surface area contributed by atoms with Gasteiger partial charge in [-0.05, 0) is 29.8 Å². The van der Waals surface area contributed by atoms with E-state index < -0.39 is 0 Å². The number of carbonyl (C=O) groups excluding carboxylic acids is 1. The summed E-state index contributed by atoms with van der Waals surface area (Å²) in [6.07, 6.45) is 0. The van der Waals surface area contributed by atoms with Crippen LogP contribution in [0, 0.1) is 11.3 Å². The van der Waals surface area contributed by atoms with Crippen LogP contribution in [0.15, 0.2) is 48.5 Å². The lowest BCUT2D eigenvalue weighted by Crippen LogP contribution is -2.28. The minimum Gasteiger partial charge on any atom is -0.484 e. The summed E-state index contributed by atoms with van der Waals surface area (Å²) in [4.78, 5) is 11.7. The van der Waals surface area contributed by atoms with Crippen LogP contribution in [0.4, 0.5) is 5.69 Å². The maximum Gasteiger partial charge on any atom is 0.258 e. The first-order chi connectivity index (χ1) is 10.2. The SMILES string of the molecule is N#Cc1ccc(CNC(=O)COc2cccc(N)c2)cc1. The summed E-state index contributed by atoms with van der Waals surface area (Å²) < 4.78 is 5.34. The monoisotopic (exact) mass is 281 g/mol. The zero-order valence-corrected chi connectivity index (χ0v) is 11.4. The average molecular weight is 281 g/mol. The van der Waals surface area contributed by atoms with Crippen molar-refractivity contribution in [3.05, 3.63) is 59.7 Å². The molecule has 0 heterocycles. The molecule has 0 radical (unpaired) electrons. The maximum atomic E-state index is 11.7. The predicted octanol–water partition coefficient (Wildman–Crippen LogP) is 1.84. The molecule has 2 aromatic carbocycles. The van der Waals surface area contributed by atoms with E-state index in [4.69, 9.17) is 15.7 Å². The average Bonchev–Trinajstić information content (AvgIpc) is 2.51. The molecule has 0 aliphatic heterocycles. The number of carbonyl (C=O) groups is 1. The van der Waals surface area contributed by atoms with Crippen molar-refractivity contribution in [3.63, 3.8) is 0 Å². The lowest BCUT2D eigenvalue weighted by molar-refractivity contribution is -0.123. The Hall–Kier alpha value is -3.00. The Balaban J connectivity index is 1.78. The number of amides is 1. The van der Waals surface area contributed by atoms with Gasteiger partial charge in [0, 0.05) is 18.3 Å². The quantitative estimate of drug-likeness (QED) is 0.818. The molecule has 106 valence electrons. The zero-order chi connectivity index (χ0) is 15.1. The van der Waals surface area contributed by atoms with Gasteiger partial charge in [-0.3, -0.25) is 4.79 Å². The normalized spacial score (nSPS) is 9.67. The van der Waals surface area contributed by atoms with Crippen molar-refractivity contribution in [1.82, 2.24) is 5.32 Å². The molecule has 5 nitrogen and oxygen atoms in total. The highest BCUT2D eigenvalue weighted by molar-refractivity contribution is 5.77. The Labute approximate surface area is 123 Å². The van der Waals surface area contributed by atoms with E-state index in [1.807, 2.05) is 6.07 Å². The molecule has 0 saturated carbocycles. The third-order valence-electron chi connectivity index (χ3n) is 2.80. The van der Waals surface area contributed by atoms with E-state index in [0.717, 1.165) is 5.56 Å². The third-order valence-corrected chi connectivity index (χ3v) is 2.80. The van der Waals surface area contributed by atoms with E-state index in [-0.39, 0.29) is 12.5 Å². The second-order valence-corrected chi connectivity index (χ2v) is 4.45. The van der Waals surface area contributed by atoms with Crippen molar-refractivity contribution in [2.75, 3.05) is 12.3 Å². The van der Waals surface area contributed by atoms with Gasteiger partial charge in [-0.2, -0.15) is 5.26 Å². The minimum absolute atomic E-state index is 0.0697. The second-order valence-electron chi connectivity index (χ2n) is 4.45. The summed E-state index contributed by atoms with van der Waals surface area (Å²) >= 11 is 0.